The number of carbonyl (C=O) groups is 1. The van der Waals surface area contributed by atoms with E-state index in [0.29, 0.717) is 24.8 Å². The highest BCUT2D eigenvalue weighted by atomic mass is 127. The zero-order chi connectivity index (χ0) is 18.1. The molecule has 0 spiro atoms. The first-order valence-corrected chi connectivity index (χ1v) is 9.47. The highest BCUT2D eigenvalue weighted by Gasteiger charge is 2.25. The van der Waals surface area contributed by atoms with Crippen molar-refractivity contribution < 1.29 is 9.21 Å². The van der Waals surface area contributed by atoms with E-state index < -0.39 is 0 Å². The fourth-order valence-corrected chi connectivity index (χ4v) is 3.19. The zero-order valence-corrected chi connectivity index (χ0v) is 18.6. The highest BCUT2D eigenvalue weighted by molar-refractivity contribution is 14.0. The topological polar surface area (TPSA) is 61.1 Å². The number of amides is 1. The van der Waals surface area contributed by atoms with Crippen LogP contribution in [-0.4, -0.2) is 61.4 Å². The fraction of sp³-hybridized carbons (Fsp3) is 0.684. The molecule has 6 nitrogen and oxygen atoms in total. The largest absolute Gasteiger partial charge is 0.459 e. The first-order valence-electron chi connectivity index (χ1n) is 9.47. The van der Waals surface area contributed by atoms with E-state index in [4.69, 9.17) is 4.42 Å². The molecule has 1 unspecified atom stereocenters. The van der Waals surface area contributed by atoms with Crippen molar-refractivity contribution in [2.24, 2.45) is 10.9 Å². The minimum absolute atomic E-state index is 0. The standard InChI is InChI=1S/C19H32N4O2.HI/c1-4-6-8-16(5-2)15-21-19(20-3)23-12-10-22(11-13-23)18(24)17-9-7-14-25-17;/h7,9,14,16H,4-6,8,10-13,15H2,1-3H3,(H,20,21);1H. The second-order valence-corrected chi connectivity index (χ2v) is 6.60. The van der Waals surface area contributed by atoms with Crippen LogP contribution in [0, 0.1) is 5.92 Å². The van der Waals surface area contributed by atoms with Crippen LogP contribution >= 0.6 is 24.0 Å². The average Bonchev–Trinajstić information content (AvgIpc) is 3.19. The van der Waals surface area contributed by atoms with Crippen LogP contribution in [0.5, 0.6) is 0 Å². The van der Waals surface area contributed by atoms with E-state index in [1.165, 1.54) is 31.9 Å². The van der Waals surface area contributed by atoms with Gasteiger partial charge in [0.2, 0.25) is 0 Å². The van der Waals surface area contributed by atoms with Gasteiger partial charge in [-0.1, -0.05) is 33.1 Å². The molecular formula is C19H33IN4O2. The van der Waals surface area contributed by atoms with Gasteiger partial charge in [-0.25, -0.2) is 0 Å². The molecule has 0 saturated carbocycles. The first-order chi connectivity index (χ1) is 12.2. The van der Waals surface area contributed by atoms with Crippen LogP contribution in [0.3, 0.4) is 0 Å². The van der Waals surface area contributed by atoms with Gasteiger partial charge in [-0.15, -0.1) is 24.0 Å². The molecule has 1 saturated heterocycles. The molecule has 26 heavy (non-hydrogen) atoms. The van der Waals surface area contributed by atoms with Crippen molar-refractivity contribution in [1.29, 1.82) is 0 Å². The van der Waals surface area contributed by atoms with E-state index in [2.05, 4.69) is 29.1 Å². The third-order valence-electron chi connectivity index (χ3n) is 4.90. The van der Waals surface area contributed by atoms with Crippen LogP contribution in [0.1, 0.15) is 50.1 Å². The van der Waals surface area contributed by atoms with Crippen LogP contribution in [0.15, 0.2) is 27.8 Å². The Kier molecular flexibility index (Phi) is 10.7. The summed E-state index contributed by atoms with van der Waals surface area (Å²) in [5.74, 6) is 2.02. The summed E-state index contributed by atoms with van der Waals surface area (Å²) in [6, 6.07) is 3.47. The van der Waals surface area contributed by atoms with E-state index in [-0.39, 0.29) is 29.9 Å². The molecule has 1 aliphatic rings. The quantitative estimate of drug-likeness (QED) is 0.372. The van der Waals surface area contributed by atoms with Crippen molar-refractivity contribution in [3.63, 3.8) is 0 Å². The number of carbonyl (C=O) groups excluding carboxylic acids is 1. The maximum atomic E-state index is 12.3. The van der Waals surface area contributed by atoms with Gasteiger partial charge in [-0.2, -0.15) is 0 Å². The average molecular weight is 476 g/mol. The molecule has 7 heteroatoms. The lowest BCUT2D eigenvalue weighted by Gasteiger charge is -2.36. The minimum Gasteiger partial charge on any atom is -0.459 e. The van der Waals surface area contributed by atoms with Crippen LogP contribution in [0.4, 0.5) is 0 Å². The second kappa shape index (κ2) is 12.2. The lowest BCUT2D eigenvalue weighted by atomic mass is 9.99. The molecule has 1 atom stereocenters. The smallest absolute Gasteiger partial charge is 0.289 e. The third kappa shape index (κ3) is 6.48. The molecule has 1 fully saturated rings. The van der Waals surface area contributed by atoms with E-state index in [1.807, 2.05) is 11.9 Å². The molecule has 0 aliphatic carbocycles. The number of guanidine groups is 1. The number of nitrogens with one attached hydrogen (secondary N) is 1. The summed E-state index contributed by atoms with van der Waals surface area (Å²) in [4.78, 5) is 20.8. The molecule has 1 aromatic rings. The van der Waals surface area contributed by atoms with Crippen molar-refractivity contribution in [2.45, 2.75) is 39.5 Å². The maximum absolute atomic E-state index is 12.3. The van der Waals surface area contributed by atoms with Gasteiger partial charge in [0.1, 0.15) is 0 Å². The van der Waals surface area contributed by atoms with Crippen molar-refractivity contribution in [1.82, 2.24) is 15.1 Å². The molecule has 1 aromatic heterocycles. The Labute approximate surface area is 174 Å². The van der Waals surface area contributed by atoms with E-state index >= 15 is 0 Å². The minimum atomic E-state index is -0.0294. The van der Waals surface area contributed by atoms with Crippen molar-refractivity contribution >= 4 is 35.8 Å². The van der Waals surface area contributed by atoms with Crippen LogP contribution < -0.4 is 5.32 Å². The molecule has 1 amide bonds. The molecular weight excluding hydrogens is 443 g/mol. The van der Waals surface area contributed by atoms with E-state index in [9.17, 15) is 4.79 Å². The Hall–Kier alpha value is -1.25. The van der Waals surface area contributed by atoms with E-state index in [1.54, 1.807) is 12.1 Å². The summed E-state index contributed by atoms with van der Waals surface area (Å²) >= 11 is 0. The van der Waals surface area contributed by atoms with Crippen LogP contribution in [0.25, 0.3) is 0 Å². The van der Waals surface area contributed by atoms with Crippen molar-refractivity contribution in [3.05, 3.63) is 24.2 Å². The number of nitrogens with zero attached hydrogens (tertiary/aromatic N) is 3. The molecule has 0 bridgehead atoms. The number of furan rings is 1. The van der Waals surface area contributed by atoms with Gasteiger partial charge in [-0.05, 0) is 24.5 Å². The zero-order valence-electron chi connectivity index (χ0n) is 16.2. The third-order valence-corrected chi connectivity index (χ3v) is 4.90. The van der Waals surface area contributed by atoms with Crippen molar-refractivity contribution in [2.75, 3.05) is 39.8 Å². The number of hydrogen-bond acceptors (Lipinski definition) is 3. The number of hydrogen-bond donors (Lipinski definition) is 1. The van der Waals surface area contributed by atoms with Gasteiger partial charge >= 0.3 is 0 Å². The Morgan fingerprint density at radius 3 is 2.50 bits per heavy atom. The number of piperazine rings is 1. The molecule has 148 valence electrons. The fourth-order valence-electron chi connectivity index (χ4n) is 3.19. The molecule has 1 N–H and O–H groups in total. The Morgan fingerprint density at radius 2 is 1.96 bits per heavy atom. The van der Waals surface area contributed by atoms with Crippen molar-refractivity contribution in [3.8, 4) is 0 Å². The predicted octanol–water partition coefficient (Wildman–Crippen LogP) is 3.45. The summed E-state index contributed by atoms with van der Waals surface area (Å²) in [5.41, 5.74) is 0. The molecule has 2 heterocycles. The monoisotopic (exact) mass is 476 g/mol. The lowest BCUT2D eigenvalue weighted by molar-refractivity contribution is 0.0657. The summed E-state index contributed by atoms with van der Waals surface area (Å²) in [5, 5.41) is 3.52. The lowest BCUT2D eigenvalue weighted by Crippen LogP contribution is -2.54. The number of halogens is 1. The Balaban J connectivity index is 0.00000338. The van der Waals surface area contributed by atoms with Gasteiger partial charge in [0.15, 0.2) is 11.7 Å². The molecule has 0 radical (unpaired) electrons. The summed E-state index contributed by atoms with van der Waals surface area (Å²) in [6.07, 6.45) is 6.53. The van der Waals surface area contributed by atoms with Crippen LogP contribution in [0.2, 0.25) is 0 Å². The number of aliphatic imine (C=N–C) groups is 1. The van der Waals surface area contributed by atoms with Gasteiger partial charge in [0.25, 0.3) is 5.91 Å². The highest BCUT2D eigenvalue weighted by Crippen LogP contribution is 2.12. The molecule has 1 aliphatic heterocycles. The molecule has 0 aromatic carbocycles. The summed E-state index contributed by atoms with van der Waals surface area (Å²) < 4.78 is 5.21. The first kappa shape index (κ1) is 22.8. The summed E-state index contributed by atoms with van der Waals surface area (Å²) in [7, 11) is 1.83. The van der Waals surface area contributed by atoms with Gasteiger partial charge in [0, 0.05) is 39.8 Å². The number of unbranched alkanes of at least 4 members (excludes halogenated alkanes) is 1. The normalized spacial score (nSPS) is 16.2. The van der Waals surface area contributed by atoms with Gasteiger partial charge < -0.3 is 19.5 Å². The Morgan fingerprint density at radius 1 is 1.27 bits per heavy atom. The van der Waals surface area contributed by atoms with Gasteiger partial charge in [0.05, 0.1) is 6.26 Å². The number of rotatable bonds is 7. The second-order valence-electron chi connectivity index (χ2n) is 6.60. The summed E-state index contributed by atoms with van der Waals surface area (Å²) in [6.45, 7) is 8.41. The predicted molar refractivity (Wildman–Crippen MR) is 116 cm³/mol. The van der Waals surface area contributed by atoms with Crippen LogP contribution in [-0.2, 0) is 0 Å². The Bertz CT molecular complexity index is 540. The SMILES string of the molecule is CCCCC(CC)CNC(=NC)N1CCN(C(=O)c2ccco2)CC1.I. The molecule has 2 rings (SSSR count). The van der Waals surface area contributed by atoms with E-state index in [0.717, 1.165) is 25.6 Å². The maximum Gasteiger partial charge on any atom is 0.289 e. The van der Waals surface area contributed by atoms with Gasteiger partial charge in [-0.3, -0.25) is 9.79 Å².